The fraction of sp³-hybridized carbons (Fsp3) is 0.318. The van der Waals surface area contributed by atoms with Crippen LogP contribution in [0.4, 0.5) is 11.4 Å². The number of thioether (sulfide) groups is 1. The van der Waals surface area contributed by atoms with Crippen molar-refractivity contribution in [3.05, 3.63) is 53.9 Å². The van der Waals surface area contributed by atoms with Gasteiger partial charge in [0.15, 0.2) is 0 Å². The highest BCUT2D eigenvalue weighted by molar-refractivity contribution is 7.97. The minimum absolute atomic E-state index is 0.0973. The number of nitrogens with zero attached hydrogens (tertiary/aromatic N) is 3. The van der Waals surface area contributed by atoms with Gasteiger partial charge in [-0.15, -0.1) is 0 Å². The van der Waals surface area contributed by atoms with Crippen LogP contribution in [0.2, 0.25) is 0 Å². The first-order chi connectivity index (χ1) is 14.1. The van der Waals surface area contributed by atoms with Crippen molar-refractivity contribution in [2.75, 3.05) is 23.0 Å². The average Bonchev–Trinajstić information content (AvgIpc) is 3.26. The van der Waals surface area contributed by atoms with Gasteiger partial charge in [0, 0.05) is 24.3 Å². The number of carbonyl (C=O) groups excluding carboxylic acids is 2. The first kappa shape index (κ1) is 19.5. The molecule has 6 nitrogen and oxygen atoms in total. The van der Waals surface area contributed by atoms with E-state index in [0.717, 1.165) is 52.5 Å². The number of amides is 2. The van der Waals surface area contributed by atoms with Gasteiger partial charge in [-0.2, -0.15) is 11.8 Å². The second kappa shape index (κ2) is 8.29. The molecule has 1 aromatic heterocycles. The number of anilines is 2. The van der Waals surface area contributed by atoms with Gasteiger partial charge < -0.3 is 14.8 Å². The van der Waals surface area contributed by atoms with E-state index in [1.807, 2.05) is 65.1 Å². The Morgan fingerprint density at radius 1 is 1.24 bits per heavy atom. The summed E-state index contributed by atoms with van der Waals surface area (Å²) >= 11 is 1.68. The Labute approximate surface area is 174 Å². The summed E-state index contributed by atoms with van der Waals surface area (Å²) in [7, 11) is 0. The number of rotatable bonds is 6. The number of nitrogens with one attached hydrogen (secondary N) is 1. The molecule has 0 aliphatic carbocycles. The monoisotopic (exact) mass is 408 g/mol. The summed E-state index contributed by atoms with van der Waals surface area (Å²) in [6.45, 7) is 2.94. The Morgan fingerprint density at radius 2 is 2.07 bits per heavy atom. The van der Waals surface area contributed by atoms with Crippen molar-refractivity contribution in [2.45, 2.75) is 32.1 Å². The summed E-state index contributed by atoms with van der Waals surface area (Å²) in [6, 6.07) is 13.6. The molecule has 1 aliphatic rings. The number of para-hydroxylation sites is 2. The number of fused-ring (bicyclic) bond motifs is 1. The van der Waals surface area contributed by atoms with Gasteiger partial charge in [-0.25, -0.2) is 4.98 Å². The standard InChI is InChI=1S/C22H24N4O2S/c1-15-12-16(9-10-18(15)25-11-5-8-22(25)28)23-21(27)13-26-19-7-4-3-6-17(19)24-20(26)14-29-2/h3-4,6-7,9-10,12H,5,8,11,13-14H2,1-2H3,(H,23,27). The van der Waals surface area contributed by atoms with Crippen LogP contribution in [0.25, 0.3) is 11.0 Å². The maximum absolute atomic E-state index is 12.8. The van der Waals surface area contributed by atoms with Gasteiger partial charge >= 0.3 is 0 Å². The summed E-state index contributed by atoms with van der Waals surface area (Å²) < 4.78 is 1.98. The molecule has 7 heteroatoms. The Morgan fingerprint density at radius 3 is 2.79 bits per heavy atom. The van der Waals surface area contributed by atoms with Crippen molar-refractivity contribution in [3.8, 4) is 0 Å². The van der Waals surface area contributed by atoms with Crippen LogP contribution in [0.3, 0.4) is 0 Å². The van der Waals surface area contributed by atoms with E-state index >= 15 is 0 Å². The molecular weight excluding hydrogens is 384 g/mol. The SMILES string of the molecule is CSCc1nc2ccccc2n1CC(=O)Nc1ccc(N2CCCC2=O)c(C)c1. The van der Waals surface area contributed by atoms with Crippen LogP contribution in [0.5, 0.6) is 0 Å². The smallest absolute Gasteiger partial charge is 0.244 e. The molecule has 0 saturated carbocycles. The predicted molar refractivity (Wildman–Crippen MR) is 118 cm³/mol. The molecule has 0 atom stereocenters. The first-order valence-electron chi connectivity index (χ1n) is 9.71. The fourth-order valence-electron chi connectivity index (χ4n) is 3.82. The van der Waals surface area contributed by atoms with Gasteiger partial charge in [0.1, 0.15) is 12.4 Å². The molecule has 1 aliphatic heterocycles. The zero-order chi connectivity index (χ0) is 20.4. The van der Waals surface area contributed by atoms with Crippen molar-refractivity contribution in [1.29, 1.82) is 0 Å². The Bertz CT molecular complexity index is 1080. The first-order valence-corrected chi connectivity index (χ1v) is 11.1. The number of imidazole rings is 1. The van der Waals surface area contributed by atoms with E-state index in [2.05, 4.69) is 10.3 Å². The van der Waals surface area contributed by atoms with Crippen molar-refractivity contribution < 1.29 is 9.59 Å². The summed E-state index contributed by atoms with van der Waals surface area (Å²) in [6.07, 6.45) is 3.53. The lowest BCUT2D eigenvalue weighted by atomic mass is 10.1. The van der Waals surface area contributed by atoms with Gasteiger partial charge in [0.2, 0.25) is 11.8 Å². The van der Waals surface area contributed by atoms with Crippen molar-refractivity contribution in [3.63, 3.8) is 0 Å². The molecular formula is C22H24N4O2S. The quantitative estimate of drug-likeness (QED) is 0.670. The number of hydrogen-bond acceptors (Lipinski definition) is 4. The van der Waals surface area contributed by atoms with Crippen LogP contribution >= 0.6 is 11.8 Å². The van der Waals surface area contributed by atoms with E-state index in [1.54, 1.807) is 11.8 Å². The Kier molecular flexibility index (Phi) is 5.58. The normalized spacial score (nSPS) is 14.0. The summed E-state index contributed by atoms with van der Waals surface area (Å²) in [4.78, 5) is 31.2. The molecule has 29 heavy (non-hydrogen) atoms. The molecule has 1 N–H and O–H groups in total. The lowest BCUT2D eigenvalue weighted by Gasteiger charge is -2.19. The second-order valence-corrected chi connectivity index (χ2v) is 8.10. The number of carbonyl (C=O) groups is 2. The van der Waals surface area contributed by atoms with E-state index in [0.29, 0.717) is 6.42 Å². The van der Waals surface area contributed by atoms with Crippen LogP contribution in [0.15, 0.2) is 42.5 Å². The highest BCUT2D eigenvalue weighted by atomic mass is 32.2. The lowest BCUT2D eigenvalue weighted by Crippen LogP contribution is -2.24. The van der Waals surface area contributed by atoms with Gasteiger partial charge in [0.25, 0.3) is 0 Å². The molecule has 2 aromatic carbocycles. The van der Waals surface area contributed by atoms with E-state index in [-0.39, 0.29) is 18.4 Å². The Balaban J connectivity index is 1.52. The molecule has 1 fully saturated rings. The van der Waals surface area contributed by atoms with E-state index in [4.69, 9.17) is 0 Å². The largest absolute Gasteiger partial charge is 0.325 e. The highest BCUT2D eigenvalue weighted by Gasteiger charge is 2.23. The zero-order valence-corrected chi connectivity index (χ0v) is 17.5. The van der Waals surface area contributed by atoms with Crippen molar-refractivity contribution >= 4 is 46.0 Å². The molecule has 0 unspecified atom stereocenters. The fourth-order valence-corrected chi connectivity index (χ4v) is 4.30. The third-order valence-electron chi connectivity index (χ3n) is 5.15. The third kappa shape index (κ3) is 4.00. The van der Waals surface area contributed by atoms with Crippen LogP contribution in [-0.2, 0) is 21.9 Å². The van der Waals surface area contributed by atoms with Crippen LogP contribution in [0, 0.1) is 6.92 Å². The van der Waals surface area contributed by atoms with Crippen molar-refractivity contribution in [1.82, 2.24) is 9.55 Å². The summed E-state index contributed by atoms with van der Waals surface area (Å²) in [5.74, 6) is 1.71. The van der Waals surface area contributed by atoms with E-state index in [1.165, 1.54) is 0 Å². The zero-order valence-electron chi connectivity index (χ0n) is 16.6. The molecule has 2 heterocycles. The molecule has 0 bridgehead atoms. The molecule has 3 aromatic rings. The number of aromatic nitrogens is 2. The molecule has 2 amide bonds. The van der Waals surface area contributed by atoms with Crippen LogP contribution in [0.1, 0.15) is 24.2 Å². The maximum Gasteiger partial charge on any atom is 0.244 e. The topological polar surface area (TPSA) is 67.2 Å². The van der Waals surface area contributed by atoms with Gasteiger partial charge in [-0.3, -0.25) is 9.59 Å². The molecule has 0 radical (unpaired) electrons. The second-order valence-electron chi connectivity index (χ2n) is 7.23. The molecule has 1 saturated heterocycles. The van der Waals surface area contributed by atoms with E-state index < -0.39 is 0 Å². The van der Waals surface area contributed by atoms with Gasteiger partial charge in [-0.05, 0) is 55.5 Å². The predicted octanol–water partition coefficient (Wildman–Crippen LogP) is 3.97. The molecule has 4 rings (SSSR count). The summed E-state index contributed by atoms with van der Waals surface area (Å²) in [5.41, 5.74) is 4.51. The number of aryl methyl sites for hydroxylation is 1. The van der Waals surface area contributed by atoms with Crippen LogP contribution < -0.4 is 10.2 Å². The average molecular weight is 409 g/mol. The highest BCUT2D eigenvalue weighted by Crippen LogP contribution is 2.27. The maximum atomic E-state index is 12.8. The number of benzene rings is 2. The third-order valence-corrected chi connectivity index (χ3v) is 5.70. The Hall–Kier alpha value is -2.80. The lowest BCUT2D eigenvalue weighted by molar-refractivity contribution is -0.117. The van der Waals surface area contributed by atoms with Crippen molar-refractivity contribution in [2.24, 2.45) is 0 Å². The molecule has 150 valence electrons. The molecule has 0 spiro atoms. The number of hydrogen-bond donors (Lipinski definition) is 1. The van der Waals surface area contributed by atoms with Gasteiger partial charge in [-0.1, -0.05) is 12.1 Å². The minimum Gasteiger partial charge on any atom is -0.325 e. The van der Waals surface area contributed by atoms with Crippen LogP contribution in [-0.4, -0.2) is 34.2 Å². The van der Waals surface area contributed by atoms with Gasteiger partial charge in [0.05, 0.1) is 16.8 Å². The summed E-state index contributed by atoms with van der Waals surface area (Å²) in [5, 5.41) is 2.99. The minimum atomic E-state index is -0.0973. The van der Waals surface area contributed by atoms with E-state index in [9.17, 15) is 9.59 Å².